The van der Waals surface area contributed by atoms with Gasteiger partial charge in [-0.25, -0.2) is 9.48 Å². The lowest BCUT2D eigenvalue weighted by Crippen LogP contribution is -2.19. The van der Waals surface area contributed by atoms with Gasteiger partial charge >= 0.3 is 5.97 Å². The molecule has 0 fully saturated rings. The quantitative estimate of drug-likeness (QED) is 0.381. The lowest BCUT2D eigenvalue weighted by molar-refractivity contribution is -0.116. The number of aromatic nitrogens is 2. The van der Waals surface area contributed by atoms with Crippen molar-refractivity contribution in [2.45, 2.75) is 19.8 Å². The average molecular weight is 456 g/mol. The number of halogens is 1. The average Bonchev–Trinajstić information content (AvgIpc) is 3.21. The Hall–Kier alpha value is -3.65. The molecule has 0 saturated carbocycles. The van der Waals surface area contributed by atoms with E-state index < -0.39 is 11.9 Å². The highest BCUT2D eigenvalue weighted by molar-refractivity contribution is 6.31. The Morgan fingerprint density at radius 2 is 1.81 bits per heavy atom. The summed E-state index contributed by atoms with van der Waals surface area (Å²) in [7, 11) is 1.45. The molecule has 0 spiro atoms. The number of hydrogen-bond acceptors (Lipinski definition) is 6. The standard InChI is InChI=1S/C23H22ClN3O5/c1-3-32-23(30)18-14-25-27(16-7-5-4-6-8-16)22(18)26-21(29)12-10-19(28)17-13-15(24)9-11-20(17)31-2/h4-9,11,13-14H,3,10,12H2,1-2H3,(H,26,29). The molecule has 0 aliphatic heterocycles. The number of carbonyl (C=O) groups is 3. The SMILES string of the molecule is CCOC(=O)c1cnn(-c2ccccc2)c1NC(=O)CCC(=O)c1cc(Cl)ccc1OC. The van der Waals surface area contributed by atoms with Gasteiger partial charge in [-0.1, -0.05) is 29.8 Å². The van der Waals surface area contributed by atoms with Crippen molar-refractivity contribution in [2.75, 3.05) is 19.0 Å². The monoisotopic (exact) mass is 455 g/mol. The van der Waals surface area contributed by atoms with Crippen LogP contribution in [-0.4, -0.2) is 41.2 Å². The molecule has 0 saturated heterocycles. The minimum absolute atomic E-state index is 0.0727. The number of nitrogens with zero attached hydrogens (tertiary/aromatic N) is 2. The van der Waals surface area contributed by atoms with Crippen molar-refractivity contribution in [1.82, 2.24) is 9.78 Å². The molecule has 3 aromatic rings. The molecule has 2 aromatic carbocycles. The van der Waals surface area contributed by atoms with Crippen LogP contribution in [0.3, 0.4) is 0 Å². The molecule has 1 aromatic heterocycles. The first-order valence-electron chi connectivity index (χ1n) is 9.91. The van der Waals surface area contributed by atoms with Gasteiger partial charge in [-0.2, -0.15) is 5.10 Å². The topological polar surface area (TPSA) is 99.5 Å². The van der Waals surface area contributed by atoms with E-state index in [1.165, 1.54) is 24.1 Å². The summed E-state index contributed by atoms with van der Waals surface area (Å²) >= 11 is 5.98. The molecule has 166 valence electrons. The summed E-state index contributed by atoms with van der Waals surface area (Å²) in [5.74, 6) is -0.798. The molecule has 0 aliphatic rings. The number of hydrogen-bond donors (Lipinski definition) is 1. The first-order chi connectivity index (χ1) is 15.4. The highest BCUT2D eigenvalue weighted by Crippen LogP contribution is 2.25. The summed E-state index contributed by atoms with van der Waals surface area (Å²) < 4.78 is 11.7. The molecule has 1 N–H and O–H groups in total. The van der Waals surface area contributed by atoms with E-state index in [4.69, 9.17) is 21.1 Å². The summed E-state index contributed by atoms with van der Waals surface area (Å²) in [6.07, 6.45) is 1.15. The number of rotatable bonds is 9. The normalized spacial score (nSPS) is 10.5. The minimum Gasteiger partial charge on any atom is -0.496 e. The zero-order chi connectivity index (χ0) is 23.1. The number of amides is 1. The summed E-state index contributed by atoms with van der Waals surface area (Å²) in [4.78, 5) is 37.6. The van der Waals surface area contributed by atoms with Crippen LogP contribution in [0.25, 0.3) is 5.69 Å². The molecule has 0 aliphatic carbocycles. The molecule has 0 unspecified atom stereocenters. The van der Waals surface area contributed by atoms with Crippen molar-refractivity contribution >= 4 is 35.1 Å². The third-order valence-corrected chi connectivity index (χ3v) is 4.80. The van der Waals surface area contributed by atoms with Crippen LogP contribution in [0, 0.1) is 0 Å². The Kier molecular flexibility index (Phi) is 7.62. The van der Waals surface area contributed by atoms with E-state index in [1.807, 2.05) is 18.2 Å². The zero-order valence-corrected chi connectivity index (χ0v) is 18.4. The lowest BCUT2D eigenvalue weighted by atomic mass is 10.1. The van der Waals surface area contributed by atoms with Gasteiger partial charge in [0.25, 0.3) is 0 Å². The number of para-hydroxylation sites is 1. The van der Waals surface area contributed by atoms with Crippen molar-refractivity contribution in [3.8, 4) is 11.4 Å². The van der Waals surface area contributed by atoms with Crippen LogP contribution in [0.1, 0.15) is 40.5 Å². The van der Waals surface area contributed by atoms with E-state index >= 15 is 0 Å². The van der Waals surface area contributed by atoms with Crippen LogP contribution < -0.4 is 10.1 Å². The first kappa shape index (κ1) is 23.0. The second-order valence-electron chi connectivity index (χ2n) is 6.69. The Balaban J connectivity index is 1.78. The van der Waals surface area contributed by atoms with Crippen LogP contribution in [0.4, 0.5) is 5.82 Å². The molecule has 1 heterocycles. The number of Topliss-reactive ketones (excluding diaryl/α,β-unsaturated/α-hetero) is 1. The molecule has 32 heavy (non-hydrogen) atoms. The molecule has 0 radical (unpaired) electrons. The smallest absolute Gasteiger partial charge is 0.343 e. The molecule has 0 bridgehead atoms. The third kappa shape index (κ3) is 5.33. The van der Waals surface area contributed by atoms with Gasteiger partial charge in [0.05, 0.1) is 31.2 Å². The third-order valence-electron chi connectivity index (χ3n) is 4.56. The number of nitrogens with one attached hydrogen (secondary N) is 1. The van der Waals surface area contributed by atoms with Gasteiger partial charge in [-0.05, 0) is 37.3 Å². The molecule has 1 amide bonds. The fraction of sp³-hybridized carbons (Fsp3) is 0.217. The molecule has 9 heteroatoms. The summed E-state index contributed by atoms with van der Waals surface area (Å²) in [5, 5.41) is 7.31. The first-order valence-corrected chi connectivity index (χ1v) is 10.3. The lowest BCUT2D eigenvalue weighted by Gasteiger charge is -2.11. The maximum atomic E-state index is 12.7. The zero-order valence-electron chi connectivity index (χ0n) is 17.6. The predicted molar refractivity (Wildman–Crippen MR) is 120 cm³/mol. The number of ether oxygens (including phenoxy) is 2. The second-order valence-corrected chi connectivity index (χ2v) is 7.13. The summed E-state index contributed by atoms with van der Waals surface area (Å²) in [5.41, 5.74) is 1.07. The second kappa shape index (κ2) is 10.6. The maximum absolute atomic E-state index is 12.7. The van der Waals surface area contributed by atoms with E-state index in [9.17, 15) is 14.4 Å². The van der Waals surface area contributed by atoms with E-state index in [0.29, 0.717) is 22.0 Å². The Morgan fingerprint density at radius 1 is 1.06 bits per heavy atom. The highest BCUT2D eigenvalue weighted by Gasteiger charge is 2.22. The maximum Gasteiger partial charge on any atom is 0.343 e. The van der Waals surface area contributed by atoms with Crippen LogP contribution in [0.5, 0.6) is 5.75 Å². The number of methoxy groups -OCH3 is 1. The van der Waals surface area contributed by atoms with Crippen LogP contribution >= 0.6 is 11.6 Å². The van der Waals surface area contributed by atoms with E-state index in [1.54, 1.807) is 31.2 Å². The van der Waals surface area contributed by atoms with Crippen molar-refractivity contribution in [2.24, 2.45) is 0 Å². The van der Waals surface area contributed by atoms with Gasteiger partial charge in [0.1, 0.15) is 11.3 Å². The number of esters is 1. The molecule has 8 nitrogen and oxygen atoms in total. The Morgan fingerprint density at radius 3 is 2.50 bits per heavy atom. The van der Waals surface area contributed by atoms with E-state index in [2.05, 4.69) is 10.4 Å². The van der Waals surface area contributed by atoms with Crippen LogP contribution in [0.15, 0.2) is 54.7 Å². The van der Waals surface area contributed by atoms with E-state index in [0.717, 1.165) is 0 Å². The van der Waals surface area contributed by atoms with Crippen LogP contribution in [0.2, 0.25) is 5.02 Å². The Bertz CT molecular complexity index is 1130. The van der Waals surface area contributed by atoms with Crippen molar-refractivity contribution in [1.29, 1.82) is 0 Å². The largest absolute Gasteiger partial charge is 0.496 e. The van der Waals surface area contributed by atoms with E-state index in [-0.39, 0.29) is 36.6 Å². The van der Waals surface area contributed by atoms with Crippen molar-refractivity contribution in [3.63, 3.8) is 0 Å². The highest BCUT2D eigenvalue weighted by atomic mass is 35.5. The summed E-state index contributed by atoms with van der Waals surface area (Å²) in [6.45, 7) is 1.87. The van der Waals surface area contributed by atoms with Gasteiger partial charge < -0.3 is 14.8 Å². The van der Waals surface area contributed by atoms with Gasteiger partial charge in [-0.15, -0.1) is 0 Å². The number of benzene rings is 2. The number of ketones is 1. The van der Waals surface area contributed by atoms with Gasteiger partial charge in [-0.3, -0.25) is 9.59 Å². The van der Waals surface area contributed by atoms with Gasteiger partial charge in [0.2, 0.25) is 5.91 Å². The van der Waals surface area contributed by atoms with Crippen molar-refractivity contribution < 1.29 is 23.9 Å². The van der Waals surface area contributed by atoms with Gasteiger partial charge in [0.15, 0.2) is 11.6 Å². The molecular weight excluding hydrogens is 434 g/mol. The fourth-order valence-corrected chi connectivity index (χ4v) is 3.22. The molecule has 3 rings (SSSR count). The number of anilines is 1. The molecular formula is C23H22ClN3O5. The molecule has 0 atom stereocenters. The van der Waals surface area contributed by atoms with Crippen molar-refractivity contribution in [3.05, 3.63) is 70.9 Å². The summed E-state index contributed by atoms with van der Waals surface area (Å²) in [6, 6.07) is 13.7. The predicted octanol–water partition coefficient (Wildman–Crippen LogP) is 4.31. The van der Waals surface area contributed by atoms with Gasteiger partial charge in [0, 0.05) is 17.9 Å². The fourth-order valence-electron chi connectivity index (χ4n) is 3.05. The Labute approximate surface area is 190 Å². The number of carbonyl (C=O) groups excluding carboxylic acids is 3. The minimum atomic E-state index is -0.607. The van der Waals surface area contributed by atoms with Crippen LogP contribution in [-0.2, 0) is 9.53 Å².